The van der Waals surface area contributed by atoms with Crippen LogP contribution in [0.2, 0.25) is 0 Å². The quantitative estimate of drug-likeness (QED) is 0.886. The molecule has 0 atom stereocenters. The fourth-order valence-electron chi connectivity index (χ4n) is 1.86. The Morgan fingerprint density at radius 2 is 2.17 bits per heavy atom. The maximum Gasteiger partial charge on any atom is 0.452 e. The first kappa shape index (κ1) is 13.1. The maximum atomic E-state index is 12.3. The van der Waals surface area contributed by atoms with Crippen molar-refractivity contribution in [1.29, 1.82) is 0 Å². The molecule has 0 aromatic carbocycles. The molecule has 0 aliphatic heterocycles. The number of hydrogen-bond acceptors (Lipinski definition) is 5. The van der Waals surface area contributed by atoms with Gasteiger partial charge in [0.25, 0.3) is 0 Å². The largest absolute Gasteiger partial charge is 0.481 e. The molecule has 1 aliphatic carbocycles. The number of carbonyl (C=O) groups is 1. The number of carboxylic acids is 1. The van der Waals surface area contributed by atoms with Crippen molar-refractivity contribution < 1.29 is 23.1 Å². The first-order valence-electron chi connectivity index (χ1n) is 5.22. The van der Waals surface area contributed by atoms with Crippen LogP contribution in [0.25, 0.3) is 0 Å². The molecular formula is C9H10F3N3O2S. The zero-order valence-corrected chi connectivity index (χ0v) is 9.94. The molecule has 2 rings (SSSR count). The van der Waals surface area contributed by atoms with E-state index in [9.17, 15) is 18.0 Å². The molecule has 2 N–H and O–H groups in total. The average molecular weight is 281 g/mol. The number of aromatic nitrogens is 2. The second-order valence-corrected chi connectivity index (χ2v) is 5.00. The summed E-state index contributed by atoms with van der Waals surface area (Å²) in [6, 6.07) is 0. The lowest BCUT2D eigenvalue weighted by Crippen LogP contribution is -2.46. The van der Waals surface area contributed by atoms with Crippen LogP contribution in [-0.4, -0.2) is 26.0 Å². The smallest absolute Gasteiger partial charge is 0.452 e. The molecule has 1 aromatic heterocycles. The number of alkyl halides is 3. The number of aliphatic carboxylic acids is 1. The molecule has 1 aliphatic rings. The van der Waals surface area contributed by atoms with Gasteiger partial charge in [-0.05, 0) is 19.3 Å². The van der Waals surface area contributed by atoms with Crippen LogP contribution in [0.1, 0.15) is 31.5 Å². The van der Waals surface area contributed by atoms with Crippen LogP contribution in [0.4, 0.5) is 18.3 Å². The Kier molecular flexibility index (Phi) is 3.18. The summed E-state index contributed by atoms with van der Waals surface area (Å²) in [6.45, 7) is 0. The standard InChI is InChI=1S/C9H10F3N3O2S/c10-9(11,12)6-13-7(18-15-6)14-8(2-1-3-8)4-5(16)17/h1-4H2,(H,16,17)(H,13,14,15). The molecule has 18 heavy (non-hydrogen) atoms. The van der Waals surface area contributed by atoms with Gasteiger partial charge in [0.2, 0.25) is 11.0 Å². The van der Waals surface area contributed by atoms with Crippen molar-refractivity contribution in [3.63, 3.8) is 0 Å². The number of nitrogens with zero attached hydrogens (tertiary/aromatic N) is 2. The first-order valence-corrected chi connectivity index (χ1v) is 5.99. The lowest BCUT2D eigenvalue weighted by molar-refractivity contribution is -0.144. The maximum absolute atomic E-state index is 12.3. The number of nitrogens with one attached hydrogen (secondary N) is 1. The van der Waals surface area contributed by atoms with Gasteiger partial charge in [-0.1, -0.05) is 0 Å². The van der Waals surface area contributed by atoms with Gasteiger partial charge < -0.3 is 10.4 Å². The zero-order chi connectivity index (χ0) is 13.4. The van der Waals surface area contributed by atoms with E-state index < -0.39 is 23.5 Å². The van der Waals surface area contributed by atoms with Gasteiger partial charge in [0.05, 0.1) is 12.0 Å². The minimum atomic E-state index is -4.57. The van der Waals surface area contributed by atoms with Crippen LogP contribution < -0.4 is 5.32 Å². The summed E-state index contributed by atoms with van der Waals surface area (Å²) in [7, 11) is 0. The van der Waals surface area contributed by atoms with E-state index in [4.69, 9.17) is 5.11 Å². The molecule has 1 saturated carbocycles. The van der Waals surface area contributed by atoms with E-state index in [1.807, 2.05) is 0 Å². The van der Waals surface area contributed by atoms with Gasteiger partial charge in [-0.3, -0.25) is 4.79 Å². The van der Waals surface area contributed by atoms with E-state index in [1.165, 1.54) is 0 Å². The summed E-state index contributed by atoms with van der Waals surface area (Å²) >= 11 is 0.594. The highest BCUT2D eigenvalue weighted by molar-refractivity contribution is 7.09. The van der Waals surface area contributed by atoms with Gasteiger partial charge in [0, 0.05) is 11.5 Å². The van der Waals surface area contributed by atoms with Gasteiger partial charge in [0.1, 0.15) is 0 Å². The van der Waals surface area contributed by atoms with E-state index in [0.29, 0.717) is 24.4 Å². The number of carboxylic acid groups (broad SMARTS) is 1. The third-order valence-electron chi connectivity index (χ3n) is 2.85. The van der Waals surface area contributed by atoms with Crippen molar-refractivity contribution in [3.8, 4) is 0 Å². The van der Waals surface area contributed by atoms with Gasteiger partial charge >= 0.3 is 12.1 Å². The topological polar surface area (TPSA) is 75.1 Å². The predicted molar refractivity (Wildman–Crippen MR) is 57.4 cm³/mol. The normalized spacial score (nSPS) is 18.2. The molecule has 0 amide bonds. The summed E-state index contributed by atoms with van der Waals surface area (Å²) in [6.07, 6.45) is -2.63. The first-order chi connectivity index (χ1) is 8.31. The molecule has 0 radical (unpaired) electrons. The van der Waals surface area contributed by atoms with Crippen LogP contribution in [-0.2, 0) is 11.0 Å². The highest BCUT2D eigenvalue weighted by Gasteiger charge is 2.41. The van der Waals surface area contributed by atoms with E-state index in [2.05, 4.69) is 14.7 Å². The van der Waals surface area contributed by atoms with Gasteiger partial charge in [0.15, 0.2) is 0 Å². The molecule has 0 saturated heterocycles. The molecule has 0 spiro atoms. The van der Waals surface area contributed by atoms with Gasteiger partial charge in [-0.15, -0.1) is 0 Å². The molecule has 0 unspecified atom stereocenters. The molecule has 1 aromatic rings. The summed E-state index contributed by atoms with van der Waals surface area (Å²) in [5, 5.41) is 11.6. The summed E-state index contributed by atoms with van der Waals surface area (Å²) < 4.78 is 40.1. The second-order valence-electron chi connectivity index (χ2n) is 4.25. The Morgan fingerprint density at radius 3 is 2.56 bits per heavy atom. The minimum absolute atomic E-state index is 0.0169. The molecule has 1 fully saturated rings. The van der Waals surface area contributed by atoms with E-state index >= 15 is 0 Å². The van der Waals surface area contributed by atoms with E-state index in [0.717, 1.165) is 6.42 Å². The fraction of sp³-hybridized carbons (Fsp3) is 0.667. The Balaban J connectivity index is 2.09. The van der Waals surface area contributed by atoms with Crippen molar-refractivity contribution >= 4 is 22.6 Å². The Bertz CT molecular complexity index is 456. The van der Waals surface area contributed by atoms with Crippen LogP contribution in [0, 0.1) is 0 Å². The lowest BCUT2D eigenvalue weighted by Gasteiger charge is -2.41. The molecule has 1 heterocycles. The Morgan fingerprint density at radius 1 is 1.50 bits per heavy atom. The number of anilines is 1. The monoisotopic (exact) mass is 281 g/mol. The average Bonchev–Trinajstić information content (AvgIpc) is 2.61. The van der Waals surface area contributed by atoms with Crippen LogP contribution >= 0.6 is 11.5 Å². The van der Waals surface area contributed by atoms with Crippen molar-refractivity contribution in [1.82, 2.24) is 9.36 Å². The lowest BCUT2D eigenvalue weighted by atomic mass is 9.74. The highest BCUT2D eigenvalue weighted by atomic mass is 32.1. The van der Waals surface area contributed by atoms with Crippen LogP contribution in [0.3, 0.4) is 0 Å². The highest BCUT2D eigenvalue weighted by Crippen LogP contribution is 2.39. The minimum Gasteiger partial charge on any atom is -0.481 e. The molecular weight excluding hydrogens is 271 g/mol. The zero-order valence-electron chi connectivity index (χ0n) is 9.12. The summed E-state index contributed by atoms with van der Waals surface area (Å²) in [4.78, 5) is 14.0. The van der Waals surface area contributed by atoms with Gasteiger partial charge in [-0.2, -0.15) is 22.5 Å². The molecule has 9 heteroatoms. The fourth-order valence-corrected chi connectivity index (χ4v) is 2.56. The second kappa shape index (κ2) is 4.38. The summed E-state index contributed by atoms with van der Waals surface area (Å²) in [5.74, 6) is -2.18. The summed E-state index contributed by atoms with van der Waals surface area (Å²) in [5.41, 5.74) is -0.672. The van der Waals surface area contributed by atoms with Crippen LogP contribution in [0.15, 0.2) is 0 Å². The third-order valence-corrected chi connectivity index (χ3v) is 3.48. The number of halogens is 3. The molecule has 100 valence electrons. The Labute approximate surface area is 104 Å². The third kappa shape index (κ3) is 2.71. The number of hydrogen-bond donors (Lipinski definition) is 2. The van der Waals surface area contributed by atoms with Gasteiger partial charge in [-0.25, -0.2) is 0 Å². The molecule has 5 nitrogen and oxygen atoms in total. The Hall–Kier alpha value is -1.38. The van der Waals surface area contributed by atoms with Crippen molar-refractivity contribution in [3.05, 3.63) is 5.82 Å². The predicted octanol–water partition coefficient (Wildman–Crippen LogP) is 2.37. The van der Waals surface area contributed by atoms with Crippen LogP contribution in [0.5, 0.6) is 0 Å². The molecule has 0 bridgehead atoms. The SMILES string of the molecule is O=C(O)CC1(Nc2nc(C(F)(F)F)ns2)CCC1. The van der Waals surface area contributed by atoms with E-state index in [-0.39, 0.29) is 11.6 Å². The van der Waals surface area contributed by atoms with E-state index in [1.54, 1.807) is 0 Å². The number of rotatable bonds is 4. The van der Waals surface area contributed by atoms with Crippen molar-refractivity contribution in [2.45, 2.75) is 37.4 Å². The van der Waals surface area contributed by atoms with Crippen molar-refractivity contribution in [2.24, 2.45) is 0 Å². The van der Waals surface area contributed by atoms with Crippen molar-refractivity contribution in [2.75, 3.05) is 5.32 Å².